The van der Waals surface area contributed by atoms with Crippen LogP contribution < -0.4 is 10.6 Å². The lowest BCUT2D eigenvalue weighted by molar-refractivity contribution is -0.117. The zero-order valence-corrected chi connectivity index (χ0v) is 10.2. The molecule has 0 aliphatic heterocycles. The summed E-state index contributed by atoms with van der Waals surface area (Å²) in [6.45, 7) is 0.607. The predicted molar refractivity (Wildman–Crippen MR) is 62.4 cm³/mol. The van der Waals surface area contributed by atoms with E-state index in [1.807, 2.05) is 6.26 Å². The van der Waals surface area contributed by atoms with Crippen LogP contribution in [-0.4, -0.2) is 35.4 Å². The predicted octanol–water partition coefficient (Wildman–Crippen LogP) is 1.34. The number of halogens is 1. The standard InChI is InChI=1S/C9H15ClN2O2S/c1-15-9(3-2-4-9)6-11-8(14)12-7(13)5-10/h2-6H2,1H3,(H2,11,12,13,14). The fourth-order valence-corrected chi connectivity index (χ4v) is 2.45. The first-order chi connectivity index (χ1) is 7.12. The molecule has 86 valence electrons. The van der Waals surface area contributed by atoms with Crippen molar-refractivity contribution in [1.82, 2.24) is 10.6 Å². The van der Waals surface area contributed by atoms with Gasteiger partial charge in [0, 0.05) is 11.3 Å². The van der Waals surface area contributed by atoms with Crippen LogP contribution in [0.2, 0.25) is 0 Å². The maximum absolute atomic E-state index is 11.2. The molecule has 0 unspecified atom stereocenters. The number of hydrogen-bond donors (Lipinski definition) is 2. The van der Waals surface area contributed by atoms with Crippen molar-refractivity contribution in [3.8, 4) is 0 Å². The molecule has 0 aromatic rings. The third-order valence-electron chi connectivity index (χ3n) is 2.64. The summed E-state index contributed by atoms with van der Waals surface area (Å²) in [5.41, 5.74) is 0. The maximum Gasteiger partial charge on any atom is 0.321 e. The number of rotatable bonds is 4. The molecule has 0 atom stereocenters. The highest BCUT2D eigenvalue weighted by atomic mass is 35.5. The van der Waals surface area contributed by atoms with Crippen molar-refractivity contribution in [2.45, 2.75) is 24.0 Å². The van der Waals surface area contributed by atoms with Gasteiger partial charge in [-0.3, -0.25) is 10.1 Å². The van der Waals surface area contributed by atoms with E-state index >= 15 is 0 Å². The van der Waals surface area contributed by atoms with E-state index in [0.717, 1.165) is 12.8 Å². The Balaban J connectivity index is 2.24. The molecule has 2 N–H and O–H groups in total. The van der Waals surface area contributed by atoms with Crippen LogP contribution in [0.1, 0.15) is 19.3 Å². The van der Waals surface area contributed by atoms with Gasteiger partial charge in [-0.1, -0.05) is 6.42 Å². The molecule has 1 aliphatic rings. The van der Waals surface area contributed by atoms with Gasteiger partial charge in [0.1, 0.15) is 5.88 Å². The van der Waals surface area contributed by atoms with Gasteiger partial charge in [0.15, 0.2) is 0 Å². The fraction of sp³-hybridized carbons (Fsp3) is 0.778. The molecule has 0 radical (unpaired) electrons. The lowest BCUT2D eigenvalue weighted by Crippen LogP contribution is -2.49. The summed E-state index contributed by atoms with van der Waals surface area (Å²) in [5, 5.41) is 4.84. The molecule has 0 aromatic heterocycles. The van der Waals surface area contributed by atoms with E-state index < -0.39 is 11.9 Å². The number of carbonyl (C=O) groups excluding carboxylic acids is 2. The lowest BCUT2D eigenvalue weighted by Gasteiger charge is -2.40. The Labute approximate surface area is 98.5 Å². The van der Waals surface area contributed by atoms with E-state index in [1.165, 1.54) is 6.42 Å². The molecule has 1 fully saturated rings. The minimum Gasteiger partial charge on any atom is -0.336 e. The van der Waals surface area contributed by atoms with Crippen LogP contribution in [0, 0.1) is 0 Å². The minimum atomic E-state index is -0.471. The summed E-state index contributed by atoms with van der Waals surface area (Å²) in [4.78, 5) is 22.0. The van der Waals surface area contributed by atoms with Crippen LogP contribution in [0.25, 0.3) is 0 Å². The quantitative estimate of drug-likeness (QED) is 0.741. The van der Waals surface area contributed by atoms with Crippen LogP contribution >= 0.6 is 23.4 Å². The Morgan fingerprint density at radius 1 is 1.47 bits per heavy atom. The number of nitrogens with one attached hydrogen (secondary N) is 2. The Hall–Kier alpha value is -0.420. The monoisotopic (exact) mass is 250 g/mol. The second-order valence-electron chi connectivity index (χ2n) is 3.61. The topological polar surface area (TPSA) is 58.2 Å². The number of urea groups is 1. The highest BCUT2D eigenvalue weighted by Gasteiger charge is 2.36. The van der Waals surface area contributed by atoms with Crippen molar-refractivity contribution in [2.75, 3.05) is 18.7 Å². The van der Waals surface area contributed by atoms with Gasteiger partial charge in [0.05, 0.1) is 0 Å². The molecular weight excluding hydrogens is 236 g/mol. The molecule has 3 amide bonds. The van der Waals surface area contributed by atoms with E-state index in [9.17, 15) is 9.59 Å². The largest absolute Gasteiger partial charge is 0.336 e. The Kier molecular flexibility index (Phi) is 4.73. The SMILES string of the molecule is CSC1(CNC(=O)NC(=O)CCl)CCC1. The van der Waals surface area contributed by atoms with Crippen molar-refractivity contribution in [1.29, 1.82) is 0 Å². The van der Waals surface area contributed by atoms with Crippen molar-refractivity contribution >= 4 is 35.3 Å². The average molecular weight is 251 g/mol. The molecule has 0 bridgehead atoms. The molecule has 4 nitrogen and oxygen atoms in total. The summed E-state index contributed by atoms with van der Waals surface area (Å²) in [6, 6.07) is -0.457. The molecule has 0 saturated heterocycles. The third kappa shape index (κ3) is 3.57. The molecule has 0 aromatic carbocycles. The second-order valence-corrected chi connectivity index (χ2v) is 5.15. The highest BCUT2D eigenvalue weighted by Crippen LogP contribution is 2.42. The lowest BCUT2D eigenvalue weighted by atomic mass is 9.84. The summed E-state index contributed by atoms with van der Waals surface area (Å²) >= 11 is 7.03. The van der Waals surface area contributed by atoms with Crippen molar-refractivity contribution < 1.29 is 9.59 Å². The van der Waals surface area contributed by atoms with Crippen molar-refractivity contribution in [2.24, 2.45) is 0 Å². The van der Waals surface area contributed by atoms with Crippen LogP contribution in [0.4, 0.5) is 4.79 Å². The van der Waals surface area contributed by atoms with E-state index in [2.05, 4.69) is 10.6 Å². The number of imide groups is 1. The number of alkyl halides is 1. The number of hydrogen-bond acceptors (Lipinski definition) is 3. The Morgan fingerprint density at radius 2 is 2.13 bits per heavy atom. The van der Waals surface area contributed by atoms with Crippen molar-refractivity contribution in [3.63, 3.8) is 0 Å². The molecule has 0 heterocycles. The van der Waals surface area contributed by atoms with E-state index in [-0.39, 0.29) is 10.6 Å². The smallest absolute Gasteiger partial charge is 0.321 e. The van der Waals surface area contributed by atoms with E-state index in [4.69, 9.17) is 11.6 Å². The first kappa shape index (κ1) is 12.6. The first-order valence-electron chi connectivity index (χ1n) is 4.81. The zero-order chi connectivity index (χ0) is 11.3. The average Bonchev–Trinajstić information content (AvgIpc) is 2.16. The summed E-state index contributed by atoms with van der Waals surface area (Å²) in [6.07, 6.45) is 5.50. The minimum absolute atomic E-state index is 0.182. The zero-order valence-electron chi connectivity index (χ0n) is 8.64. The molecule has 1 rings (SSSR count). The van der Waals surface area contributed by atoms with Gasteiger partial charge in [0.25, 0.3) is 0 Å². The molecule has 15 heavy (non-hydrogen) atoms. The van der Waals surface area contributed by atoms with Crippen LogP contribution in [-0.2, 0) is 4.79 Å². The van der Waals surface area contributed by atoms with Gasteiger partial charge in [-0.15, -0.1) is 11.6 Å². The first-order valence-corrected chi connectivity index (χ1v) is 6.56. The van der Waals surface area contributed by atoms with E-state index in [0.29, 0.717) is 6.54 Å². The van der Waals surface area contributed by atoms with Gasteiger partial charge in [0.2, 0.25) is 5.91 Å². The van der Waals surface area contributed by atoms with Crippen LogP contribution in [0.3, 0.4) is 0 Å². The van der Waals surface area contributed by atoms with Gasteiger partial charge in [-0.2, -0.15) is 11.8 Å². The second kappa shape index (κ2) is 5.61. The number of carbonyl (C=O) groups is 2. The summed E-state index contributed by atoms with van der Waals surface area (Å²) in [5.74, 6) is -0.665. The summed E-state index contributed by atoms with van der Waals surface area (Å²) < 4.78 is 0.182. The van der Waals surface area contributed by atoms with Gasteiger partial charge < -0.3 is 5.32 Å². The normalized spacial score (nSPS) is 17.7. The molecule has 6 heteroatoms. The Bertz CT molecular complexity index is 251. The fourth-order valence-electron chi connectivity index (χ4n) is 1.47. The maximum atomic E-state index is 11.2. The third-order valence-corrected chi connectivity index (χ3v) is 4.30. The van der Waals surface area contributed by atoms with Gasteiger partial charge in [-0.05, 0) is 19.1 Å². The molecule has 1 saturated carbocycles. The number of amides is 3. The van der Waals surface area contributed by atoms with Crippen molar-refractivity contribution in [3.05, 3.63) is 0 Å². The summed E-state index contributed by atoms with van der Waals surface area (Å²) in [7, 11) is 0. The Morgan fingerprint density at radius 3 is 2.53 bits per heavy atom. The van der Waals surface area contributed by atoms with Crippen LogP contribution in [0.5, 0.6) is 0 Å². The molecular formula is C9H15ClN2O2S. The number of thioether (sulfide) groups is 1. The molecule has 1 aliphatic carbocycles. The van der Waals surface area contributed by atoms with E-state index in [1.54, 1.807) is 11.8 Å². The highest BCUT2D eigenvalue weighted by molar-refractivity contribution is 8.00. The van der Waals surface area contributed by atoms with Gasteiger partial charge in [-0.25, -0.2) is 4.79 Å². The molecule has 0 spiro atoms. The van der Waals surface area contributed by atoms with Gasteiger partial charge >= 0.3 is 6.03 Å². The van der Waals surface area contributed by atoms with Crippen LogP contribution in [0.15, 0.2) is 0 Å².